The lowest BCUT2D eigenvalue weighted by Crippen LogP contribution is -2.26. The molecule has 2 atom stereocenters. The van der Waals surface area contributed by atoms with Crippen molar-refractivity contribution in [2.45, 2.75) is 30.1 Å². The summed E-state index contributed by atoms with van der Waals surface area (Å²) >= 11 is 0. The number of nitrogens with zero attached hydrogens (tertiary/aromatic N) is 2. The van der Waals surface area contributed by atoms with E-state index in [-0.39, 0.29) is 5.41 Å². The van der Waals surface area contributed by atoms with Crippen LogP contribution in [0.4, 0.5) is 34.1 Å². The Bertz CT molecular complexity index is 7840. The van der Waals surface area contributed by atoms with Crippen molar-refractivity contribution >= 4 is 46.3 Å². The van der Waals surface area contributed by atoms with Gasteiger partial charge in [-0.05, 0) is 286 Å². The molecular formula is C129H90N2. The highest BCUT2D eigenvalue weighted by molar-refractivity contribution is 6.02. The van der Waals surface area contributed by atoms with Crippen LogP contribution in [-0.2, 0) is 16.2 Å². The molecular weight excluding hydrogens is 1580 g/mol. The molecule has 0 radical (unpaired) electrons. The summed E-state index contributed by atoms with van der Waals surface area (Å²) < 4.78 is 0. The maximum Gasteiger partial charge on any atom is 0.0725 e. The molecule has 2 unspecified atom stereocenters. The third kappa shape index (κ3) is 12.5. The van der Waals surface area contributed by atoms with Gasteiger partial charge < -0.3 is 9.80 Å². The summed E-state index contributed by atoms with van der Waals surface area (Å²) in [6.07, 6.45) is 3.94. The van der Waals surface area contributed by atoms with Gasteiger partial charge in [0.1, 0.15) is 0 Å². The molecule has 0 aliphatic heterocycles. The highest BCUT2D eigenvalue weighted by Crippen LogP contribution is 2.66. The summed E-state index contributed by atoms with van der Waals surface area (Å²) in [4.78, 5) is 4.86. The maximum atomic E-state index is 4.19. The smallest absolute Gasteiger partial charge is 0.0725 e. The minimum atomic E-state index is -0.518. The maximum absolute atomic E-state index is 4.19. The van der Waals surface area contributed by atoms with Gasteiger partial charge in [-0.3, -0.25) is 0 Å². The van der Waals surface area contributed by atoms with Crippen LogP contribution in [0.25, 0.3) is 146 Å². The minimum absolute atomic E-state index is 0.144. The van der Waals surface area contributed by atoms with E-state index in [2.05, 4.69) is 510 Å². The zero-order valence-corrected chi connectivity index (χ0v) is 73.0. The number of rotatable bonds is 15. The number of hydrogen-bond acceptors (Lipinski definition) is 2. The molecule has 0 bridgehead atoms. The lowest BCUT2D eigenvalue weighted by atomic mass is 9.70. The molecule has 0 heterocycles. The Labute approximate surface area is 767 Å². The molecule has 25 rings (SSSR count). The molecule has 20 aromatic carbocycles. The number of para-hydroxylation sites is 1. The van der Waals surface area contributed by atoms with Gasteiger partial charge in [-0.15, -0.1) is 0 Å². The summed E-state index contributed by atoms with van der Waals surface area (Å²) in [5, 5.41) is 0. The molecule has 5 aliphatic carbocycles. The topological polar surface area (TPSA) is 6.48 Å². The average molecular weight is 1670 g/mol. The third-order valence-corrected chi connectivity index (χ3v) is 28.6. The van der Waals surface area contributed by atoms with Crippen molar-refractivity contribution in [1.82, 2.24) is 0 Å². The zero-order chi connectivity index (χ0) is 87.5. The first-order valence-corrected chi connectivity index (χ1v) is 45.6. The van der Waals surface area contributed by atoms with Crippen LogP contribution in [0, 0.1) is 0 Å². The zero-order valence-electron chi connectivity index (χ0n) is 73.0. The van der Waals surface area contributed by atoms with Crippen molar-refractivity contribution in [2.24, 2.45) is 0 Å². The molecule has 0 aromatic heterocycles. The van der Waals surface area contributed by atoms with E-state index < -0.39 is 10.8 Å². The number of anilines is 6. The molecule has 0 N–H and O–H groups in total. The van der Waals surface area contributed by atoms with Gasteiger partial charge >= 0.3 is 0 Å². The van der Waals surface area contributed by atoms with Crippen LogP contribution in [0.3, 0.4) is 0 Å². The molecule has 0 fully saturated rings. The van der Waals surface area contributed by atoms with E-state index in [1.165, 1.54) is 189 Å². The van der Waals surface area contributed by atoms with Gasteiger partial charge in [-0.25, -0.2) is 0 Å². The fourth-order valence-electron chi connectivity index (χ4n) is 22.6. The second-order valence-electron chi connectivity index (χ2n) is 35.7. The molecule has 131 heavy (non-hydrogen) atoms. The monoisotopic (exact) mass is 1670 g/mol. The lowest BCUT2D eigenvalue weighted by Gasteiger charge is -2.32. The Morgan fingerprint density at radius 3 is 0.840 bits per heavy atom. The van der Waals surface area contributed by atoms with Crippen molar-refractivity contribution < 1.29 is 0 Å². The molecule has 0 saturated heterocycles. The quantitative estimate of drug-likeness (QED) is 0.101. The molecule has 0 saturated carbocycles. The fraction of sp³-hybridized carbons (Fsp3) is 0.0388. The van der Waals surface area contributed by atoms with Crippen molar-refractivity contribution in [1.29, 1.82) is 0 Å². The van der Waals surface area contributed by atoms with Crippen molar-refractivity contribution in [3.05, 3.63) is 553 Å². The van der Waals surface area contributed by atoms with Crippen molar-refractivity contribution in [3.8, 4) is 134 Å². The lowest BCUT2D eigenvalue weighted by molar-refractivity contribution is 0.660. The van der Waals surface area contributed by atoms with Crippen LogP contribution in [0.2, 0.25) is 0 Å². The highest BCUT2D eigenvalue weighted by atomic mass is 15.1. The predicted octanol–water partition coefficient (Wildman–Crippen LogP) is 34.3. The number of fused-ring (bicyclic) bond motifs is 23. The minimum Gasteiger partial charge on any atom is -0.310 e. The molecule has 2 nitrogen and oxygen atoms in total. The Kier molecular flexibility index (Phi) is 18.8. The van der Waals surface area contributed by atoms with Gasteiger partial charge in [-0.2, -0.15) is 0 Å². The van der Waals surface area contributed by atoms with E-state index >= 15 is 0 Å². The Hall–Kier alpha value is -16.5. The second kappa shape index (κ2) is 31.5. The van der Waals surface area contributed by atoms with E-state index in [9.17, 15) is 0 Å². The Balaban J connectivity index is 0.000000145. The van der Waals surface area contributed by atoms with Crippen LogP contribution < -0.4 is 9.80 Å². The van der Waals surface area contributed by atoms with Crippen LogP contribution in [0.15, 0.2) is 486 Å². The van der Waals surface area contributed by atoms with Gasteiger partial charge in [0.25, 0.3) is 0 Å². The fourth-order valence-corrected chi connectivity index (χ4v) is 22.6. The van der Waals surface area contributed by atoms with E-state index in [1.807, 2.05) is 12.2 Å². The molecule has 0 amide bonds. The van der Waals surface area contributed by atoms with Gasteiger partial charge in [0.2, 0.25) is 0 Å². The largest absolute Gasteiger partial charge is 0.310 e. The average Bonchev–Trinajstić information content (AvgIpc) is 1.51. The molecule has 2 spiro atoms. The van der Waals surface area contributed by atoms with Crippen molar-refractivity contribution in [3.63, 3.8) is 0 Å². The second-order valence-corrected chi connectivity index (χ2v) is 35.7. The summed E-state index contributed by atoms with van der Waals surface area (Å²) in [6.45, 7) is 13.1. The molecule has 2 heteroatoms. The third-order valence-electron chi connectivity index (χ3n) is 28.6. The van der Waals surface area contributed by atoms with Gasteiger partial charge in [0.05, 0.1) is 16.5 Å². The van der Waals surface area contributed by atoms with Crippen LogP contribution in [0.5, 0.6) is 0 Å². The van der Waals surface area contributed by atoms with E-state index in [4.69, 9.17) is 0 Å². The Morgan fingerprint density at radius 2 is 0.427 bits per heavy atom. The summed E-state index contributed by atoms with van der Waals surface area (Å²) in [6, 6.07) is 175. The van der Waals surface area contributed by atoms with Crippen LogP contribution >= 0.6 is 0 Å². The Morgan fingerprint density at radius 1 is 0.168 bits per heavy atom. The highest BCUT2D eigenvalue weighted by Gasteiger charge is 2.54. The van der Waals surface area contributed by atoms with E-state index in [1.54, 1.807) is 0 Å². The molecule has 20 aromatic rings. The van der Waals surface area contributed by atoms with Gasteiger partial charge in [-0.1, -0.05) is 421 Å². The number of benzene rings is 20. The first kappa shape index (κ1) is 78.0. The van der Waals surface area contributed by atoms with Crippen LogP contribution in [-0.4, -0.2) is 0 Å². The van der Waals surface area contributed by atoms with E-state index in [0.717, 1.165) is 45.3 Å². The predicted molar refractivity (Wildman–Crippen MR) is 551 cm³/mol. The first-order chi connectivity index (χ1) is 64.6. The summed E-state index contributed by atoms with van der Waals surface area (Å²) in [7, 11) is 0. The summed E-state index contributed by atoms with van der Waals surface area (Å²) in [5.74, 6) is 0. The standard InChI is InChI=1S/C66H47N.C63H43N/c1-4-43-18-8-9-21-50(43)46-32-37-56-53-24-11-15-27-59(53)66(62(56)40-46)60-28-16-12-25-54(60)57-38-33-47(41-63(57)66)51-22-13-17-29-64(51)67(48-34-30-45(31-35-48)44-19-6-5-7-20-44)49-36-39-55-52-23-10-14-26-58(52)65(2,3)61(55)42-49;1-2-43-16-9-10-23-54(43)50-33-39-58-56-25-12-14-27-60(56)63(62(58)42-50)59-26-13-11-24-55(59)57-38-32-49(41-61(57)63)48-21-15-22-53(40-48)64(51-34-28-46(29-35-51)44-17-5-3-6-18-44)52-36-30-47(31-37-52)45-19-7-4-8-20-45/h4-42H,1H2,2-3H3;2-42H,1H2. The molecule has 5 aliphatic rings. The van der Waals surface area contributed by atoms with Crippen LogP contribution in [0.1, 0.15) is 80.6 Å². The summed E-state index contributed by atoms with van der Waals surface area (Å²) in [5.41, 5.74) is 50.8. The van der Waals surface area contributed by atoms with Crippen molar-refractivity contribution in [2.75, 3.05) is 9.80 Å². The first-order valence-electron chi connectivity index (χ1n) is 45.6. The normalized spacial score (nSPS) is 14.7. The van der Waals surface area contributed by atoms with Gasteiger partial charge in [0.15, 0.2) is 0 Å². The SMILES string of the molecule is C=Cc1ccccc1-c1ccc2c(c1)C1(c3ccccc3-2)c2ccccc2-c2ccc(-c3ccccc3N(c3ccc(-c4ccccc4)cc3)c3ccc4c(c3)C(C)(C)c3ccccc3-4)cc21.C=Cc1ccccc1-c1ccc2c(c1)C1(c3ccccc3-c3ccc(-c4cccc(N(c5ccc(-c6ccccc6)cc5)c5ccc(-c6ccccc6)cc5)c4)cc31)c1ccccc1-2. The van der Waals surface area contributed by atoms with E-state index in [0.29, 0.717) is 0 Å². The molecule has 616 valence electrons. The number of hydrogen-bond donors (Lipinski definition) is 0. The van der Waals surface area contributed by atoms with Gasteiger partial charge in [0, 0.05) is 39.4 Å².